The zero-order chi connectivity index (χ0) is 13.1. The second-order valence-electron chi connectivity index (χ2n) is 5.01. The van der Waals surface area contributed by atoms with E-state index in [2.05, 4.69) is 5.32 Å². The highest BCUT2D eigenvalue weighted by molar-refractivity contribution is 5.87. The Morgan fingerprint density at radius 2 is 2.06 bits per heavy atom. The maximum atomic E-state index is 12.4. The molecule has 6 nitrogen and oxygen atoms in total. The van der Waals surface area contributed by atoms with Crippen molar-refractivity contribution in [3.05, 3.63) is 0 Å². The van der Waals surface area contributed by atoms with Crippen molar-refractivity contribution in [1.29, 1.82) is 0 Å². The Balaban J connectivity index is 2.04. The van der Waals surface area contributed by atoms with Crippen LogP contribution in [0.15, 0.2) is 0 Å². The van der Waals surface area contributed by atoms with Crippen LogP contribution < -0.4 is 5.32 Å². The second-order valence-corrected chi connectivity index (χ2v) is 5.01. The first-order valence-corrected chi connectivity index (χ1v) is 6.54. The molecule has 0 unspecified atom stereocenters. The summed E-state index contributed by atoms with van der Waals surface area (Å²) in [6.45, 7) is 4.84. The molecule has 2 fully saturated rings. The first kappa shape index (κ1) is 13.3. The summed E-state index contributed by atoms with van der Waals surface area (Å²) in [5.41, 5.74) is 0. The predicted octanol–water partition coefficient (Wildman–Crippen LogP) is -1.21. The van der Waals surface area contributed by atoms with Gasteiger partial charge in [0.05, 0.1) is 6.10 Å². The van der Waals surface area contributed by atoms with Crippen LogP contribution in [0, 0.1) is 0 Å². The lowest BCUT2D eigenvalue weighted by Crippen LogP contribution is -2.48. The number of amides is 2. The Hall–Kier alpha value is -1.14. The van der Waals surface area contributed by atoms with E-state index in [0.29, 0.717) is 13.0 Å². The number of aliphatic hydroxyl groups is 1. The summed E-state index contributed by atoms with van der Waals surface area (Å²) in [4.78, 5) is 27.2. The number of carbonyl (C=O) groups excluding carboxylic acids is 2. The van der Waals surface area contributed by atoms with E-state index in [0.717, 1.165) is 26.1 Å². The van der Waals surface area contributed by atoms with Gasteiger partial charge in [0.25, 0.3) is 0 Å². The van der Waals surface area contributed by atoms with Crippen LogP contribution in [0.1, 0.15) is 19.8 Å². The summed E-state index contributed by atoms with van der Waals surface area (Å²) in [6, 6.07) is -0.476. The minimum Gasteiger partial charge on any atom is -0.391 e. The fourth-order valence-corrected chi connectivity index (χ4v) is 2.67. The van der Waals surface area contributed by atoms with Crippen molar-refractivity contribution in [1.82, 2.24) is 15.1 Å². The van der Waals surface area contributed by atoms with E-state index in [-0.39, 0.29) is 18.4 Å². The summed E-state index contributed by atoms with van der Waals surface area (Å²) in [6.07, 6.45) is 0.719. The molecule has 2 amide bonds. The molecule has 0 radical (unpaired) electrons. The van der Waals surface area contributed by atoms with Crippen LogP contribution in [0.2, 0.25) is 0 Å². The lowest BCUT2D eigenvalue weighted by Gasteiger charge is -2.28. The molecule has 102 valence electrons. The van der Waals surface area contributed by atoms with Gasteiger partial charge >= 0.3 is 0 Å². The number of hydrogen-bond donors (Lipinski definition) is 2. The molecule has 2 aliphatic heterocycles. The second kappa shape index (κ2) is 5.67. The van der Waals surface area contributed by atoms with Gasteiger partial charge < -0.3 is 20.2 Å². The number of nitrogens with zero attached hydrogens (tertiary/aromatic N) is 2. The zero-order valence-electron chi connectivity index (χ0n) is 10.8. The van der Waals surface area contributed by atoms with Crippen molar-refractivity contribution in [2.24, 2.45) is 0 Å². The van der Waals surface area contributed by atoms with E-state index < -0.39 is 12.1 Å². The van der Waals surface area contributed by atoms with E-state index in [1.54, 1.807) is 4.90 Å². The van der Waals surface area contributed by atoms with Crippen LogP contribution in [-0.2, 0) is 9.59 Å². The van der Waals surface area contributed by atoms with Crippen molar-refractivity contribution in [3.8, 4) is 0 Å². The Kier molecular flexibility index (Phi) is 4.19. The molecule has 0 aliphatic carbocycles. The third kappa shape index (κ3) is 2.81. The van der Waals surface area contributed by atoms with Gasteiger partial charge in [0.15, 0.2) is 0 Å². The van der Waals surface area contributed by atoms with Crippen LogP contribution >= 0.6 is 0 Å². The highest BCUT2D eigenvalue weighted by Crippen LogP contribution is 2.20. The van der Waals surface area contributed by atoms with Crippen LogP contribution in [0.3, 0.4) is 0 Å². The zero-order valence-corrected chi connectivity index (χ0v) is 10.8. The average Bonchev–Trinajstić information content (AvgIpc) is 2.56. The quantitative estimate of drug-likeness (QED) is 0.617. The summed E-state index contributed by atoms with van der Waals surface area (Å²) in [5, 5.41) is 12.9. The molecule has 0 aromatic rings. The first-order chi connectivity index (χ1) is 8.59. The van der Waals surface area contributed by atoms with Gasteiger partial charge in [-0.25, -0.2) is 0 Å². The smallest absolute Gasteiger partial charge is 0.245 e. The summed E-state index contributed by atoms with van der Waals surface area (Å²) >= 11 is 0. The van der Waals surface area contributed by atoms with E-state index in [9.17, 15) is 14.7 Å². The normalized spacial score (nSPS) is 29.2. The predicted molar refractivity (Wildman–Crippen MR) is 65.9 cm³/mol. The van der Waals surface area contributed by atoms with Crippen LogP contribution in [0.5, 0.6) is 0 Å². The highest BCUT2D eigenvalue weighted by Gasteiger charge is 2.39. The molecule has 0 bridgehead atoms. The lowest BCUT2D eigenvalue weighted by atomic mass is 10.1. The Labute approximate surface area is 107 Å². The van der Waals surface area contributed by atoms with Crippen LogP contribution in [0.25, 0.3) is 0 Å². The van der Waals surface area contributed by atoms with Gasteiger partial charge in [0.2, 0.25) is 11.8 Å². The van der Waals surface area contributed by atoms with Gasteiger partial charge in [-0.15, -0.1) is 0 Å². The minimum atomic E-state index is -0.576. The number of hydrogen-bond acceptors (Lipinski definition) is 4. The topological polar surface area (TPSA) is 72.9 Å². The molecule has 0 aromatic carbocycles. The van der Waals surface area contributed by atoms with Gasteiger partial charge in [-0.05, 0) is 13.0 Å². The molecule has 2 heterocycles. The maximum Gasteiger partial charge on any atom is 0.245 e. The van der Waals surface area contributed by atoms with Crippen LogP contribution in [0.4, 0.5) is 0 Å². The molecule has 2 atom stereocenters. The van der Waals surface area contributed by atoms with Gasteiger partial charge in [-0.2, -0.15) is 0 Å². The molecule has 0 spiro atoms. The summed E-state index contributed by atoms with van der Waals surface area (Å²) in [5.74, 6) is -0.164. The number of carbonyl (C=O) groups is 2. The molecule has 0 saturated carbocycles. The largest absolute Gasteiger partial charge is 0.391 e. The third-order valence-corrected chi connectivity index (χ3v) is 3.62. The fourth-order valence-electron chi connectivity index (χ4n) is 2.67. The fraction of sp³-hybridized carbons (Fsp3) is 0.833. The first-order valence-electron chi connectivity index (χ1n) is 6.54. The molecule has 2 N–H and O–H groups in total. The van der Waals surface area contributed by atoms with E-state index in [1.165, 1.54) is 11.8 Å². The van der Waals surface area contributed by atoms with Crippen molar-refractivity contribution in [2.45, 2.75) is 31.9 Å². The van der Waals surface area contributed by atoms with Crippen molar-refractivity contribution in [2.75, 3.05) is 32.7 Å². The molecule has 6 heteroatoms. The molecular formula is C12H21N3O3. The lowest BCUT2D eigenvalue weighted by molar-refractivity contribution is -0.142. The van der Waals surface area contributed by atoms with Crippen LogP contribution in [-0.4, -0.2) is 71.6 Å². The third-order valence-electron chi connectivity index (χ3n) is 3.62. The summed E-state index contributed by atoms with van der Waals surface area (Å²) < 4.78 is 0. The average molecular weight is 255 g/mol. The van der Waals surface area contributed by atoms with Gasteiger partial charge in [-0.3, -0.25) is 9.59 Å². The standard InChI is InChI=1S/C12H21N3O3/c1-9(16)15-8-10(17)7-11(15)12(18)14-5-2-3-13-4-6-14/h10-11,13,17H,2-8H2,1H3/t10-,11-/m1/s1. The number of aliphatic hydroxyl groups excluding tert-OH is 1. The molecule has 2 saturated heterocycles. The van der Waals surface area contributed by atoms with Gasteiger partial charge in [0.1, 0.15) is 6.04 Å². The number of β-amino-alcohol motifs (C(OH)–C–C–N with tert-alkyl or cyclic N) is 1. The van der Waals surface area contributed by atoms with Crippen molar-refractivity contribution in [3.63, 3.8) is 0 Å². The Morgan fingerprint density at radius 1 is 1.28 bits per heavy atom. The maximum absolute atomic E-state index is 12.4. The molecule has 0 aromatic heterocycles. The van der Waals surface area contributed by atoms with E-state index >= 15 is 0 Å². The monoisotopic (exact) mass is 255 g/mol. The minimum absolute atomic E-state index is 0.0227. The Bertz CT molecular complexity index is 327. The molecule has 18 heavy (non-hydrogen) atoms. The molecule has 2 rings (SSSR count). The van der Waals surface area contributed by atoms with E-state index in [1.807, 2.05) is 0 Å². The molecular weight excluding hydrogens is 234 g/mol. The van der Waals surface area contributed by atoms with E-state index in [4.69, 9.17) is 0 Å². The number of nitrogens with one attached hydrogen (secondary N) is 1. The number of rotatable bonds is 1. The van der Waals surface area contributed by atoms with Crippen molar-refractivity contribution >= 4 is 11.8 Å². The highest BCUT2D eigenvalue weighted by atomic mass is 16.3. The molecule has 2 aliphatic rings. The van der Waals surface area contributed by atoms with Gasteiger partial charge in [-0.1, -0.05) is 0 Å². The summed E-state index contributed by atoms with van der Waals surface area (Å²) in [7, 11) is 0. The SMILES string of the molecule is CC(=O)N1C[C@H](O)C[C@@H]1C(=O)N1CCCNCC1. The van der Waals surface area contributed by atoms with Crippen molar-refractivity contribution < 1.29 is 14.7 Å². The Morgan fingerprint density at radius 3 is 2.78 bits per heavy atom. The number of likely N-dealkylation sites (tertiary alicyclic amines) is 1. The van der Waals surface area contributed by atoms with Gasteiger partial charge in [0, 0.05) is 39.5 Å².